The smallest absolute Gasteiger partial charge is 0.475 e. The van der Waals surface area contributed by atoms with Crippen molar-refractivity contribution in [1.29, 1.82) is 0 Å². The zero-order valence-corrected chi connectivity index (χ0v) is 15.9. The van der Waals surface area contributed by atoms with Crippen LogP contribution in [-0.2, 0) is 4.79 Å². The van der Waals surface area contributed by atoms with Gasteiger partial charge in [-0.25, -0.2) is 9.78 Å². The van der Waals surface area contributed by atoms with Gasteiger partial charge in [0.2, 0.25) is 0 Å². The van der Waals surface area contributed by atoms with Gasteiger partial charge in [0.15, 0.2) is 0 Å². The highest BCUT2D eigenvalue weighted by atomic mass is 19.4. The molecular weight excluding hydrogens is 359 g/mol. The van der Waals surface area contributed by atoms with E-state index in [1.54, 1.807) is 0 Å². The van der Waals surface area contributed by atoms with Crippen molar-refractivity contribution >= 4 is 11.8 Å². The van der Waals surface area contributed by atoms with Crippen molar-refractivity contribution in [2.75, 3.05) is 37.6 Å². The van der Waals surface area contributed by atoms with E-state index in [9.17, 15) is 13.2 Å². The molecule has 1 unspecified atom stereocenters. The first-order chi connectivity index (χ1) is 12.6. The summed E-state index contributed by atoms with van der Waals surface area (Å²) >= 11 is 0. The molecule has 1 atom stereocenters. The van der Waals surface area contributed by atoms with Crippen LogP contribution in [0.1, 0.15) is 33.1 Å². The van der Waals surface area contributed by atoms with Crippen LogP contribution in [0, 0.1) is 11.3 Å². The van der Waals surface area contributed by atoms with Gasteiger partial charge in [-0.05, 0) is 43.9 Å². The van der Waals surface area contributed by atoms with Crippen molar-refractivity contribution in [3.05, 3.63) is 24.4 Å². The number of aromatic nitrogens is 1. The Morgan fingerprint density at radius 2 is 1.96 bits per heavy atom. The molecule has 5 nitrogen and oxygen atoms in total. The van der Waals surface area contributed by atoms with Gasteiger partial charge in [-0.2, -0.15) is 13.2 Å². The minimum Gasteiger partial charge on any atom is -0.475 e. The van der Waals surface area contributed by atoms with Crippen LogP contribution in [0.25, 0.3) is 0 Å². The van der Waals surface area contributed by atoms with Crippen molar-refractivity contribution in [2.45, 2.75) is 39.3 Å². The molecule has 0 radical (unpaired) electrons. The van der Waals surface area contributed by atoms with E-state index in [1.165, 1.54) is 52.0 Å². The maximum atomic E-state index is 10.6. The summed E-state index contributed by atoms with van der Waals surface area (Å²) in [7, 11) is 0. The number of anilines is 1. The minimum atomic E-state index is -5.08. The monoisotopic (exact) mass is 387 g/mol. The average Bonchev–Trinajstić information content (AvgIpc) is 2.98. The fraction of sp³-hybridized carbons (Fsp3) is 0.684. The number of carbonyl (C=O) groups is 1. The normalized spacial score (nSPS) is 23.4. The number of aliphatic carboxylic acids is 1. The van der Waals surface area contributed by atoms with Gasteiger partial charge in [0.1, 0.15) is 5.82 Å². The first kappa shape index (κ1) is 21.5. The Labute approximate surface area is 158 Å². The summed E-state index contributed by atoms with van der Waals surface area (Å²) in [6.45, 7) is 10.9. The van der Waals surface area contributed by atoms with Crippen molar-refractivity contribution in [3.63, 3.8) is 0 Å². The predicted molar refractivity (Wildman–Crippen MR) is 97.7 cm³/mol. The number of likely N-dealkylation sites (tertiary alicyclic amines) is 1. The quantitative estimate of drug-likeness (QED) is 0.858. The number of carboxylic acid groups (broad SMARTS) is 1. The number of piperidine rings is 1. The fourth-order valence-electron chi connectivity index (χ4n) is 3.99. The van der Waals surface area contributed by atoms with Gasteiger partial charge in [0, 0.05) is 37.8 Å². The minimum absolute atomic E-state index is 0.519. The Morgan fingerprint density at radius 1 is 1.26 bits per heavy atom. The summed E-state index contributed by atoms with van der Waals surface area (Å²) in [5.41, 5.74) is 0.519. The Morgan fingerprint density at radius 3 is 2.52 bits per heavy atom. The van der Waals surface area contributed by atoms with Crippen molar-refractivity contribution in [3.8, 4) is 0 Å². The van der Waals surface area contributed by atoms with Crippen LogP contribution in [0.5, 0.6) is 0 Å². The zero-order chi connectivity index (χ0) is 20.1. The van der Waals surface area contributed by atoms with E-state index in [1.807, 2.05) is 12.3 Å². The number of carboxylic acids is 1. The second-order valence-electron chi connectivity index (χ2n) is 7.89. The molecule has 3 rings (SSSR count). The van der Waals surface area contributed by atoms with Crippen LogP contribution in [0.15, 0.2) is 24.4 Å². The molecule has 2 fully saturated rings. The molecule has 0 saturated carbocycles. The highest BCUT2D eigenvalue weighted by Crippen LogP contribution is 2.40. The predicted octanol–water partition coefficient (Wildman–Crippen LogP) is 3.66. The third kappa shape index (κ3) is 6.37. The molecule has 0 aliphatic carbocycles. The molecule has 2 aliphatic rings. The summed E-state index contributed by atoms with van der Waals surface area (Å²) in [4.78, 5) is 18.6. The van der Waals surface area contributed by atoms with E-state index < -0.39 is 12.1 Å². The van der Waals surface area contributed by atoms with Gasteiger partial charge >= 0.3 is 12.1 Å². The summed E-state index contributed by atoms with van der Waals surface area (Å²) in [6.07, 6.45) is 0.915. The molecule has 27 heavy (non-hydrogen) atoms. The maximum absolute atomic E-state index is 10.6. The van der Waals surface area contributed by atoms with Gasteiger partial charge < -0.3 is 14.9 Å². The number of alkyl halides is 3. The molecule has 1 aromatic heterocycles. The molecule has 0 amide bonds. The first-order valence-electron chi connectivity index (χ1n) is 9.30. The highest BCUT2D eigenvalue weighted by molar-refractivity contribution is 5.73. The number of hydrogen-bond acceptors (Lipinski definition) is 4. The van der Waals surface area contributed by atoms with Crippen LogP contribution >= 0.6 is 0 Å². The molecule has 1 aromatic rings. The van der Waals surface area contributed by atoms with E-state index in [4.69, 9.17) is 9.90 Å². The van der Waals surface area contributed by atoms with E-state index in [0.29, 0.717) is 5.41 Å². The number of rotatable bonds is 3. The first-order valence-corrected chi connectivity index (χ1v) is 9.30. The number of nitrogens with zero attached hydrogens (tertiary/aromatic N) is 3. The second kappa shape index (κ2) is 8.91. The summed E-state index contributed by atoms with van der Waals surface area (Å²) < 4.78 is 31.7. The molecule has 3 heterocycles. The molecule has 1 spiro atoms. The van der Waals surface area contributed by atoms with Gasteiger partial charge in [0.05, 0.1) is 0 Å². The van der Waals surface area contributed by atoms with Crippen molar-refractivity contribution in [2.24, 2.45) is 11.3 Å². The van der Waals surface area contributed by atoms with Crippen molar-refractivity contribution < 1.29 is 23.1 Å². The molecule has 1 N–H and O–H groups in total. The van der Waals surface area contributed by atoms with Crippen LogP contribution in [0.4, 0.5) is 19.0 Å². The average molecular weight is 387 g/mol. The maximum Gasteiger partial charge on any atom is 0.490 e. The van der Waals surface area contributed by atoms with Crippen LogP contribution in [0.2, 0.25) is 0 Å². The Hall–Kier alpha value is -1.83. The lowest BCUT2D eigenvalue weighted by Gasteiger charge is -2.41. The SMILES string of the molecule is CC(C)CN1CCCC2(CCN(c3ccccn3)C2)C1.O=C(O)C(F)(F)F. The fourth-order valence-corrected chi connectivity index (χ4v) is 3.99. The standard InChI is InChI=1S/C17H27N3.C2HF3O2/c1-15(2)12-19-10-5-7-17(13-19)8-11-20(14-17)16-6-3-4-9-18-16;3-2(4,5)1(6)7/h3-4,6,9,15H,5,7-8,10-14H2,1-2H3;(H,6,7). The largest absolute Gasteiger partial charge is 0.490 e. The van der Waals surface area contributed by atoms with E-state index in [2.05, 4.69) is 40.8 Å². The third-order valence-corrected chi connectivity index (χ3v) is 5.02. The third-order valence-electron chi connectivity index (χ3n) is 5.02. The van der Waals surface area contributed by atoms with Gasteiger partial charge in [-0.3, -0.25) is 0 Å². The summed E-state index contributed by atoms with van der Waals surface area (Å²) in [5, 5.41) is 7.12. The number of hydrogen-bond donors (Lipinski definition) is 1. The van der Waals surface area contributed by atoms with E-state index in [0.717, 1.165) is 11.7 Å². The molecule has 0 bridgehead atoms. The molecule has 152 valence electrons. The van der Waals surface area contributed by atoms with Crippen molar-refractivity contribution in [1.82, 2.24) is 9.88 Å². The zero-order valence-electron chi connectivity index (χ0n) is 15.9. The Kier molecular flexibility index (Phi) is 7.08. The van der Waals surface area contributed by atoms with Crippen LogP contribution < -0.4 is 4.90 Å². The number of halogens is 3. The summed E-state index contributed by atoms with van der Waals surface area (Å²) in [5.74, 6) is -0.823. The van der Waals surface area contributed by atoms with E-state index >= 15 is 0 Å². The van der Waals surface area contributed by atoms with Crippen LogP contribution in [-0.4, -0.2) is 59.9 Å². The van der Waals surface area contributed by atoms with E-state index in [-0.39, 0.29) is 0 Å². The number of pyridine rings is 1. The lowest BCUT2D eigenvalue weighted by atomic mass is 9.79. The lowest BCUT2D eigenvalue weighted by molar-refractivity contribution is -0.192. The Bertz CT molecular complexity index is 610. The van der Waals surface area contributed by atoms with Crippen LogP contribution in [0.3, 0.4) is 0 Å². The Balaban J connectivity index is 0.000000321. The molecule has 2 aliphatic heterocycles. The lowest BCUT2D eigenvalue weighted by Crippen LogP contribution is -2.46. The van der Waals surface area contributed by atoms with Gasteiger partial charge in [-0.15, -0.1) is 0 Å². The van der Waals surface area contributed by atoms with Gasteiger partial charge in [-0.1, -0.05) is 19.9 Å². The summed E-state index contributed by atoms with van der Waals surface area (Å²) in [6, 6.07) is 6.24. The van der Waals surface area contributed by atoms with Gasteiger partial charge in [0.25, 0.3) is 0 Å². The topological polar surface area (TPSA) is 56.7 Å². The molecule has 8 heteroatoms. The molecule has 0 aromatic carbocycles. The molecule has 2 saturated heterocycles. The second-order valence-corrected chi connectivity index (χ2v) is 7.89. The highest BCUT2D eigenvalue weighted by Gasteiger charge is 2.41. The molecular formula is C19H28F3N3O2.